The number of aryl methyl sites for hydroxylation is 1. The number of esters is 1. The predicted octanol–water partition coefficient (Wildman–Crippen LogP) is 2.41. The van der Waals surface area contributed by atoms with Crippen LogP contribution in [0.1, 0.15) is 35.0 Å². The second kappa shape index (κ2) is 5.48. The zero-order valence-electron chi connectivity index (χ0n) is 9.65. The van der Waals surface area contributed by atoms with Crippen molar-refractivity contribution in [1.82, 2.24) is 4.98 Å². The van der Waals surface area contributed by atoms with E-state index < -0.39 is 34.1 Å². The summed E-state index contributed by atoms with van der Waals surface area (Å²) in [5.74, 6) is -1.04. The van der Waals surface area contributed by atoms with Crippen molar-refractivity contribution >= 4 is 11.7 Å². The van der Waals surface area contributed by atoms with Gasteiger partial charge < -0.3 is 4.74 Å². The molecule has 0 fully saturated rings. The van der Waals surface area contributed by atoms with Gasteiger partial charge in [-0.15, -0.1) is 0 Å². The van der Waals surface area contributed by atoms with Crippen molar-refractivity contribution < 1.29 is 23.2 Å². The van der Waals surface area contributed by atoms with Crippen LogP contribution in [0.15, 0.2) is 6.20 Å². The molecular weight excluding hydrogens is 250 g/mol. The second-order valence-corrected chi connectivity index (χ2v) is 3.30. The van der Waals surface area contributed by atoms with Gasteiger partial charge in [0, 0.05) is 6.20 Å². The van der Waals surface area contributed by atoms with E-state index in [4.69, 9.17) is 0 Å². The molecule has 0 aliphatic rings. The normalized spacial score (nSPS) is 10.5. The fourth-order valence-electron chi connectivity index (χ4n) is 1.42. The number of pyridine rings is 1. The number of carbonyl (C=O) groups is 1. The van der Waals surface area contributed by atoms with E-state index in [1.165, 1.54) is 13.8 Å². The Balaban J connectivity index is 3.49. The van der Waals surface area contributed by atoms with Gasteiger partial charge in [0.1, 0.15) is 5.56 Å². The number of hydrogen-bond acceptors (Lipinski definition) is 5. The number of alkyl halides is 2. The molecule has 18 heavy (non-hydrogen) atoms. The van der Waals surface area contributed by atoms with Crippen LogP contribution in [-0.4, -0.2) is 22.5 Å². The lowest BCUT2D eigenvalue weighted by Gasteiger charge is -2.08. The van der Waals surface area contributed by atoms with E-state index in [-0.39, 0.29) is 12.3 Å². The average Bonchev–Trinajstić information content (AvgIpc) is 2.27. The quantitative estimate of drug-likeness (QED) is 0.471. The summed E-state index contributed by atoms with van der Waals surface area (Å²) in [6, 6.07) is 0. The maximum atomic E-state index is 12.8. The minimum Gasteiger partial charge on any atom is -0.462 e. The van der Waals surface area contributed by atoms with Gasteiger partial charge in [-0.2, -0.15) is 0 Å². The van der Waals surface area contributed by atoms with Gasteiger partial charge >= 0.3 is 5.97 Å². The highest BCUT2D eigenvalue weighted by Gasteiger charge is 2.32. The first-order chi connectivity index (χ1) is 8.40. The SMILES string of the molecule is CCOC(=O)c1cnc(C)c(C(F)F)c1[N+](=O)[O-]. The summed E-state index contributed by atoms with van der Waals surface area (Å²) in [7, 11) is 0. The molecular formula is C10H10F2N2O4. The third-order valence-corrected chi connectivity index (χ3v) is 2.18. The molecule has 8 heteroatoms. The predicted molar refractivity (Wildman–Crippen MR) is 56.5 cm³/mol. The topological polar surface area (TPSA) is 82.3 Å². The number of nitro groups is 1. The molecule has 0 atom stereocenters. The Kier molecular flexibility index (Phi) is 4.24. The standard InChI is InChI=1S/C10H10F2N2O4/c1-3-18-10(15)6-4-13-5(2)7(9(11)12)8(6)14(16)17/h4,9H,3H2,1-2H3. The van der Waals surface area contributed by atoms with Gasteiger partial charge in [-0.3, -0.25) is 15.1 Å². The van der Waals surface area contributed by atoms with Gasteiger partial charge in [0.2, 0.25) is 0 Å². The summed E-state index contributed by atoms with van der Waals surface area (Å²) in [6.45, 7) is 2.69. The van der Waals surface area contributed by atoms with Crippen molar-refractivity contribution in [3.05, 3.63) is 33.1 Å². The summed E-state index contributed by atoms with van der Waals surface area (Å²) in [5.41, 5.74) is -2.56. The Bertz CT molecular complexity index is 491. The second-order valence-electron chi connectivity index (χ2n) is 3.30. The van der Waals surface area contributed by atoms with Crippen LogP contribution >= 0.6 is 0 Å². The zero-order chi connectivity index (χ0) is 13.9. The van der Waals surface area contributed by atoms with Gasteiger partial charge in [-0.25, -0.2) is 13.6 Å². The molecule has 1 rings (SSSR count). The highest BCUT2D eigenvalue weighted by molar-refractivity contribution is 5.94. The first kappa shape index (κ1) is 13.9. The maximum Gasteiger partial charge on any atom is 0.346 e. The Morgan fingerprint density at radius 2 is 2.22 bits per heavy atom. The average molecular weight is 260 g/mol. The van der Waals surface area contributed by atoms with Crippen molar-refractivity contribution in [3.63, 3.8) is 0 Å². The lowest BCUT2D eigenvalue weighted by Crippen LogP contribution is -2.12. The van der Waals surface area contributed by atoms with Gasteiger partial charge in [-0.1, -0.05) is 0 Å². The van der Waals surface area contributed by atoms with E-state index in [9.17, 15) is 23.7 Å². The molecule has 0 aromatic carbocycles. The van der Waals surface area contributed by atoms with Gasteiger partial charge in [0.25, 0.3) is 12.1 Å². The molecule has 1 aromatic rings. The molecule has 0 saturated carbocycles. The summed E-state index contributed by atoms with van der Waals surface area (Å²) in [5, 5.41) is 10.8. The highest BCUT2D eigenvalue weighted by Crippen LogP contribution is 2.33. The van der Waals surface area contributed by atoms with Gasteiger partial charge in [0.15, 0.2) is 5.56 Å². The Morgan fingerprint density at radius 1 is 1.61 bits per heavy atom. The zero-order valence-corrected chi connectivity index (χ0v) is 9.65. The van der Waals surface area contributed by atoms with E-state index in [1.54, 1.807) is 0 Å². The van der Waals surface area contributed by atoms with Crippen molar-refractivity contribution in [3.8, 4) is 0 Å². The van der Waals surface area contributed by atoms with Crippen LogP contribution in [0.2, 0.25) is 0 Å². The smallest absolute Gasteiger partial charge is 0.346 e. The number of nitrogens with zero attached hydrogens (tertiary/aromatic N) is 2. The van der Waals surface area contributed by atoms with Crippen LogP contribution in [0.3, 0.4) is 0 Å². The Hall–Kier alpha value is -2.12. The summed E-state index contributed by atoms with van der Waals surface area (Å²) in [4.78, 5) is 24.8. The number of halogens is 2. The molecule has 0 saturated heterocycles. The highest BCUT2D eigenvalue weighted by atomic mass is 19.3. The van der Waals surface area contributed by atoms with Crippen molar-refractivity contribution in [1.29, 1.82) is 0 Å². The minimum atomic E-state index is -3.09. The van der Waals surface area contributed by atoms with Gasteiger partial charge in [-0.05, 0) is 13.8 Å². The Labute approximate surface area is 101 Å². The van der Waals surface area contributed by atoms with Crippen molar-refractivity contribution in [2.24, 2.45) is 0 Å². The molecule has 0 bridgehead atoms. The number of rotatable bonds is 4. The molecule has 0 aliphatic carbocycles. The molecule has 0 unspecified atom stereocenters. The molecule has 0 radical (unpaired) electrons. The number of ether oxygens (including phenoxy) is 1. The first-order valence-corrected chi connectivity index (χ1v) is 4.99. The summed E-state index contributed by atoms with van der Waals surface area (Å²) < 4.78 is 30.1. The third kappa shape index (κ3) is 2.58. The van der Waals surface area contributed by atoms with E-state index in [1.807, 2.05) is 0 Å². The van der Waals surface area contributed by atoms with Crippen molar-refractivity contribution in [2.75, 3.05) is 6.61 Å². The van der Waals surface area contributed by atoms with E-state index in [0.717, 1.165) is 6.20 Å². The fourth-order valence-corrected chi connectivity index (χ4v) is 1.42. The summed E-state index contributed by atoms with van der Waals surface area (Å²) >= 11 is 0. The van der Waals surface area contributed by atoms with Crippen LogP contribution in [0.5, 0.6) is 0 Å². The number of aromatic nitrogens is 1. The number of carbonyl (C=O) groups excluding carboxylic acids is 1. The van der Waals surface area contributed by atoms with Crippen molar-refractivity contribution in [2.45, 2.75) is 20.3 Å². The third-order valence-electron chi connectivity index (χ3n) is 2.18. The van der Waals surface area contributed by atoms with Crippen LogP contribution in [0, 0.1) is 17.0 Å². The van der Waals surface area contributed by atoms with Gasteiger partial charge in [0.05, 0.1) is 17.2 Å². The van der Waals surface area contributed by atoms with Crippen LogP contribution in [-0.2, 0) is 4.74 Å². The monoisotopic (exact) mass is 260 g/mol. The molecule has 0 N–H and O–H groups in total. The van der Waals surface area contributed by atoms with Crippen LogP contribution in [0.4, 0.5) is 14.5 Å². The van der Waals surface area contributed by atoms with Crippen LogP contribution in [0.25, 0.3) is 0 Å². The fraction of sp³-hybridized carbons (Fsp3) is 0.400. The van der Waals surface area contributed by atoms with Crippen LogP contribution < -0.4 is 0 Å². The first-order valence-electron chi connectivity index (χ1n) is 4.99. The van der Waals surface area contributed by atoms with E-state index >= 15 is 0 Å². The molecule has 1 aromatic heterocycles. The lowest BCUT2D eigenvalue weighted by atomic mass is 10.1. The van der Waals surface area contributed by atoms with E-state index in [2.05, 4.69) is 9.72 Å². The molecule has 6 nitrogen and oxygen atoms in total. The van der Waals surface area contributed by atoms with E-state index in [0.29, 0.717) is 0 Å². The molecule has 98 valence electrons. The minimum absolute atomic E-state index is 0.0200. The largest absolute Gasteiger partial charge is 0.462 e. The molecule has 0 amide bonds. The Morgan fingerprint density at radius 3 is 2.67 bits per heavy atom. The molecule has 0 aliphatic heterocycles. The summed E-state index contributed by atoms with van der Waals surface area (Å²) in [6.07, 6.45) is -2.22. The molecule has 0 spiro atoms. The molecule has 1 heterocycles. The maximum absolute atomic E-state index is 12.8. The number of hydrogen-bond donors (Lipinski definition) is 0. The lowest BCUT2D eigenvalue weighted by molar-refractivity contribution is -0.386.